The molecule has 0 atom stereocenters. The molecular formula is C17H17N3O5S. The Kier molecular flexibility index (Phi) is 4.81. The van der Waals surface area contributed by atoms with E-state index in [2.05, 4.69) is 14.9 Å². The molecule has 3 rings (SSSR count). The van der Waals surface area contributed by atoms with Gasteiger partial charge in [-0.15, -0.1) is 0 Å². The number of rotatable bonds is 6. The van der Waals surface area contributed by atoms with Crippen LogP contribution in [0.25, 0.3) is 11.4 Å². The number of anilines is 1. The number of sulfonamides is 1. The fourth-order valence-electron chi connectivity index (χ4n) is 2.33. The van der Waals surface area contributed by atoms with Crippen LogP contribution in [-0.2, 0) is 10.0 Å². The number of hydrogen-bond donors (Lipinski definition) is 1. The van der Waals surface area contributed by atoms with Crippen molar-refractivity contribution >= 4 is 15.7 Å². The van der Waals surface area contributed by atoms with Gasteiger partial charge in [-0.3, -0.25) is 4.72 Å². The van der Waals surface area contributed by atoms with Gasteiger partial charge in [0, 0.05) is 18.6 Å². The van der Waals surface area contributed by atoms with Crippen LogP contribution in [0.15, 0.2) is 51.9 Å². The number of methoxy groups -OCH3 is 2. The molecule has 0 bridgehead atoms. The van der Waals surface area contributed by atoms with Crippen LogP contribution >= 0.6 is 0 Å². The average molecular weight is 375 g/mol. The molecule has 3 aromatic rings. The van der Waals surface area contributed by atoms with Gasteiger partial charge in [0.05, 0.1) is 24.8 Å². The minimum atomic E-state index is -3.81. The van der Waals surface area contributed by atoms with E-state index >= 15 is 0 Å². The predicted octanol–water partition coefficient (Wildman–Crippen LogP) is 2.86. The van der Waals surface area contributed by atoms with Gasteiger partial charge in [0.2, 0.25) is 11.7 Å². The van der Waals surface area contributed by atoms with Crippen LogP contribution in [0.3, 0.4) is 0 Å². The summed E-state index contributed by atoms with van der Waals surface area (Å²) >= 11 is 0. The quantitative estimate of drug-likeness (QED) is 0.706. The van der Waals surface area contributed by atoms with E-state index in [-0.39, 0.29) is 4.90 Å². The van der Waals surface area contributed by atoms with Gasteiger partial charge in [0.1, 0.15) is 0 Å². The molecule has 0 saturated heterocycles. The number of nitrogens with zero attached hydrogens (tertiary/aromatic N) is 2. The Balaban J connectivity index is 1.91. The zero-order valence-corrected chi connectivity index (χ0v) is 15.2. The minimum absolute atomic E-state index is 0.0761. The summed E-state index contributed by atoms with van der Waals surface area (Å²) in [5.74, 6) is 1.65. The molecule has 0 spiro atoms. The number of benzene rings is 2. The van der Waals surface area contributed by atoms with Gasteiger partial charge in [-0.2, -0.15) is 4.98 Å². The summed E-state index contributed by atoms with van der Waals surface area (Å²) < 4.78 is 43.2. The third-order valence-electron chi connectivity index (χ3n) is 3.57. The first-order valence-corrected chi connectivity index (χ1v) is 9.07. The van der Waals surface area contributed by atoms with E-state index in [0.717, 1.165) is 0 Å². The van der Waals surface area contributed by atoms with Crippen LogP contribution in [0.5, 0.6) is 11.5 Å². The highest BCUT2D eigenvalue weighted by molar-refractivity contribution is 7.92. The highest BCUT2D eigenvalue weighted by Gasteiger charge is 2.17. The van der Waals surface area contributed by atoms with Crippen LogP contribution < -0.4 is 14.2 Å². The average Bonchev–Trinajstić information content (AvgIpc) is 3.08. The molecule has 0 aliphatic rings. The van der Waals surface area contributed by atoms with Crippen molar-refractivity contribution in [3.63, 3.8) is 0 Å². The van der Waals surface area contributed by atoms with E-state index in [9.17, 15) is 8.42 Å². The molecule has 0 aliphatic heterocycles. The van der Waals surface area contributed by atoms with E-state index in [0.29, 0.717) is 34.5 Å². The van der Waals surface area contributed by atoms with Crippen molar-refractivity contribution in [1.82, 2.24) is 10.1 Å². The van der Waals surface area contributed by atoms with Crippen LogP contribution in [0.1, 0.15) is 5.89 Å². The Hall–Kier alpha value is -3.07. The molecule has 136 valence electrons. The van der Waals surface area contributed by atoms with E-state index in [1.165, 1.54) is 26.4 Å². The van der Waals surface area contributed by atoms with Gasteiger partial charge in [-0.1, -0.05) is 17.3 Å². The highest BCUT2D eigenvalue weighted by Crippen LogP contribution is 2.31. The molecule has 0 fully saturated rings. The fourth-order valence-corrected chi connectivity index (χ4v) is 3.43. The summed E-state index contributed by atoms with van der Waals surface area (Å²) in [6.07, 6.45) is 0. The lowest BCUT2D eigenvalue weighted by molar-refractivity contribution is 0.355. The maximum Gasteiger partial charge on any atom is 0.261 e. The fraction of sp³-hybridized carbons (Fsp3) is 0.176. The zero-order chi connectivity index (χ0) is 18.7. The maximum atomic E-state index is 12.7. The zero-order valence-electron chi connectivity index (χ0n) is 14.4. The summed E-state index contributed by atoms with van der Waals surface area (Å²) in [5.41, 5.74) is 0.889. The third-order valence-corrected chi connectivity index (χ3v) is 4.94. The van der Waals surface area contributed by atoms with Crippen molar-refractivity contribution < 1.29 is 22.4 Å². The van der Waals surface area contributed by atoms with Gasteiger partial charge in [0.15, 0.2) is 11.5 Å². The second-order valence-corrected chi connectivity index (χ2v) is 7.02. The second-order valence-electron chi connectivity index (χ2n) is 5.34. The van der Waals surface area contributed by atoms with Crippen LogP contribution in [0, 0.1) is 6.92 Å². The Morgan fingerprint density at radius 1 is 1.04 bits per heavy atom. The SMILES string of the molecule is COc1ccc(NS(=O)(=O)c2cccc(-c3noc(C)n3)c2)cc1OC. The Morgan fingerprint density at radius 3 is 2.46 bits per heavy atom. The van der Waals surface area contributed by atoms with Crippen LogP contribution in [0.2, 0.25) is 0 Å². The molecule has 1 N–H and O–H groups in total. The van der Waals surface area contributed by atoms with Crippen molar-refractivity contribution in [3.8, 4) is 22.9 Å². The first-order chi connectivity index (χ1) is 12.4. The summed E-state index contributed by atoms with van der Waals surface area (Å²) in [7, 11) is -0.829. The molecule has 8 nitrogen and oxygen atoms in total. The summed E-state index contributed by atoms with van der Waals surface area (Å²) in [5, 5.41) is 3.80. The summed E-state index contributed by atoms with van der Waals surface area (Å²) in [4.78, 5) is 4.18. The lowest BCUT2D eigenvalue weighted by Gasteiger charge is -2.12. The monoisotopic (exact) mass is 375 g/mol. The third kappa shape index (κ3) is 3.62. The molecule has 9 heteroatoms. The minimum Gasteiger partial charge on any atom is -0.493 e. The van der Waals surface area contributed by atoms with E-state index in [1.54, 1.807) is 37.3 Å². The summed E-state index contributed by atoms with van der Waals surface area (Å²) in [6.45, 7) is 1.66. The first-order valence-electron chi connectivity index (χ1n) is 7.58. The largest absolute Gasteiger partial charge is 0.493 e. The molecule has 26 heavy (non-hydrogen) atoms. The molecule has 0 unspecified atom stereocenters. The van der Waals surface area contributed by atoms with Crippen molar-refractivity contribution in [3.05, 3.63) is 48.4 Å². The number of ether oxygens (including phenoxy) is 2. The highest BCUT2D eigenvalue weighted by atomic mass is 32.2. The lowest BCUT2D eigenvalue weighted by Crippen LogP contribution is -2.13. The summed E-state index contributed by atoms with van der Waals surface area (Å²) in [6, 6.07) is 11.0. The topological polar surface area (TPSA) is 104 Å². The van der Waals surface area contributed by atoms with Crippen molar-refractivity contribution in [2.24, 2.45) is 0 Å². The lowest BCUT2D eigenvalue weighted by atomic mass is 10.2. The van der Waals surface area contributed by atoms with Crippen molar-refractivity contribution in [2.45, 2.75) is 11.8 Å². The number of aryl methyl sites for hydroxylation is 1. The van der Waals surface area contributed by atoms with E-state index < -0.39 is 10.0 Å². The number of aromatic nitrogens is 2. The van der Waals surface area contributed by atoms with E-state index in [4.69, 9.17) is 14.0 Å². The smallest absolute Gasteiger partial charge is 0.261 e. The molecule has 0 aliphatic carbocycles. The van der Waals surface area contributed by atoms with E-state index in [1.807, 2.05) is 0 Å². The molecule has 1 heterocycles. The maximum absolute atomic E-state index is 12.7. The van der Waals surface area contributed by atoms with Gasteiger partial charge in [-0.05, 0) is 24.3 Å². The van der Waals surface area contributed by atoms with Gasteiger partial charge >= 0.3 is 0 Å². The molecule has 1 aromatic heterocycles. The Labute approximate surface area is 150 Å². The second kappa shape index (κ2) is 7.04. The number of hydrogen-bond acceptors (Lipinski definition) is 7. The molecule has 0 amide bonds. The predicted molar refractivity (Wildman–Crippen MR) is 94.8 cm³/mol. The Morgan fingerprint density at radius 2 is 1.81 bits per heavy atom. The van der Waals surface area contributed by atoms with Crippen molar-refractivity contribution in [1.29, 1.82) is 0 Å². The van der Waals surface area contributed by atoms with Gasteiger partial charge in [0.25, 0.3) is 10.0 Å². The van der Waals surface area contributed by atoms with Gasteiger partial charge in [-0.25, -0.2) is 8.42 Å². The normalized spacial score (nSPS) is 11.2. The molecule has 0 saturated carbocycles. The first kappa shape index (κ1) is 17.7. The van der Waals surface area contributed by atoms with Gasteiger partial charge < -0.3 is 14.0 Å². The Bertz CT molecular complexity index is 1030. The molecular weight excluding hydrogens is 358 g/mol. The molecule has 2 aromatic carbocycles. The van der Waals surface area contributed by atoms with Crippen LogP contribution in [0.4, 0.5) is 5.69 Å². The standard InChI is InChI=1S/C17H17N3O5S/c1-11-18-17(19-25-11)12-5-4-6-14(9-12)26(21,22)20-13-7-8-15(23-2)16(10-13)24-3/h4-10,20H,1-3H3. The molecule has 0 radical (unpaired) electrons. The van der Waals surface area contributed by atoms with Crippen LogP contribution in [-0.4, -0.2) is 32.8 Å². The van der Waals surface area contributed by atoms with Crippen molar-refractivity contribution in [2.75, 3.05) is 18.9 Å². The number of nitrogens with one attached hydrogen (secondary N) is 1.